The highest BCUT2D eigenvalue weighted by Crippen LogP contribution is 2.23. The summed E-state index contributed by atoms with van der Waals surface area (Å²) in [7, 11) is 0. The molecule has 0 radical (unpaired) electrons. The van der Waals surface area contributed by atoms with Gasteiger partial charge in [-0.05, 0) is 17.7 Å². The van der Waals surface area contributed by atoms with Crippen molar-refractivity contribution in [1.82, 2.24) is 9.97 Å². The number of nitrogens with two attached hydrogens (primary N) is 2. The first-order chi connectivity index (χ1) is 8.97. The lowest BCUT2D eigenvalue weighted by molar-refractivity contribution is 1.08. The van der Waals surface area contributed by atoms with E-state index in [9.17, 15) is 4.79 Å². The van der Waals surface area contributed by atoms with Crippen LogP contribution in [0.5, 0.6) is 0 Å². The number of aromatic nitrogens is 2. The summed E-state index contributed by atoms with van der Waals surface area (Å²) in [6.45, 7) is 0.386. The van der Waals surface area contributed by atoms with Crippen LogP contribution in [0.3, 0.4) is 0 Å². The van der Waals surface area contributed by atoms with Crippen LogP contribution in [0, 0.1) is 0 Å². The number of hydrogen-bond donors (Lipinski definition) is 4. The highest BCUT2D eigenvalue weighted by atomic mass is 35.5. The van der Waals surface area contributed by atoms with E-state index in [1.54, 1.807) is 18.2 Å². The van der Waals surface area contributed by atoms with Gasteiger partial charge in [0.15, 0.2) is 5.82 Å². The number of anilines is 3. The van der Waals surface area contributed by atoms with Crippen molar-refractivity contribution in [3.8, 4) is 0 Å². The van der Waals surface area contributed by atoms with Crippen molar-refractivity contribution < 1.29 is 0 Å². The van der Waals surface area contributed by atoms with Crippen LogP contribution in [0.4, 0.5) is 17.5 Å². The maximum absolute atomic E-state index is 11.4. The molecular formula is C11H11Cl2N5O. The Hall–Kier alpha value is -1.92. The van der Waals surface area contributed by atoms with Gasteiger partial charge >= 0.3 is 0 Å². The Morgan fingerprint density at radius 3 is 2.68 bits per heavy atom. The SMILES string of the molecule is Nc1nc(NCc2ccc(Cl)c(Cl)c2)c(N)c(=O)[nH]1. The number of benzene rings is 1. The quantitative estimate of drug-likeness (QED) is 0.691. The zero-order valence-corrected chi connectivity index (χ0v) is 11.2. The van der Waals surface area contributed by atoms with Crippen molar-refractivity contribution in [2.45, 2.75) is 6.54 Å². The molecule has 1 aromatic heterocycles. The molecule has 1 heterocycles. The third-order valence-corrected chi connectivity index (χ3v) is 3.16. The highest BCUT2D eigenvalue weighted by Gasteiger charge is 2.07. The molecule has 6 nitrogen and oxygen atoms in total. The van der Waals surface area contributed by atoms with Gasteiger partial charge in [0.2, 0.25) is 5.95 Å². The fourth-order valence-corrected chi connectivity index (χ4v) is 1.79. The number of H-pyrrole nitrogens is 1. The van der Waals surface area contributed by atoms with Crippen molar-refractivity contribution in [3.63, 3.8) is 0 Å². The maximum atomic E-state index is 11.4. The van der Waals surface area contributed by atoms with E-state index in [1.165, 1.54) is 0 Å². The highest BCUT2D eigenvalue weighted by molar-refractivity contribution is 6.42. The Morgan fingerprint density at radius 2 is 2.00 bits per heavy atom. The summed E-state index contributed by atoms with van der Waals surface area (Å²) in [4.78, 5) is 17.6. The molecule has 0 fully saturated rings. The molecule has 6 N–H and O–H groups in total. The van der Waals surface area contributed by atoms with Crippen molar-refractivity contribution in [3.05, 3.63) is 44.2 Å². The van der Waals surface area contributed by atoms with E-state index in [-0.39, 0.29) is 17.5 Å². The first-order valence-electron chi connectivity index (χ1n) is 5.30. The number of nitrogens with zero attached hydrogens (tertiary/aromatic N) is 1. The van der Waals surface area contributed by atoms with Crippen LogP contribution in [0.2, 0.25) is 10.0 Å². The molecule has 19 heavy (non-hydrogen) atoms. The Morgan fingerprint density at radius 1 is 1.26 bits per heavy atom. The number of aromatic amines is 1. The summed E-state index contributed by atoms with van der Waals surface area (Å²) < 4.78 is 0. The molecule has 1 aromatic carbocycles. The average molecular weight is 300 g/mol. The molecule has 0 amide bonds. The van der Waals surface area contributed by atoms with Gasteiger partial charge in [0.25, 0.3) is 5.56 Å². The minimum Gasteiger partial charge on any atom is -0.391 e. The Bertz CT molecular complexity index is 671. The molecule has 0 bridgehead atoms. The number of rotatable bonds is 3. The largest absolute Gasteiger partial charge is 0.391 e. The minimum absolute atomic E-state index is 0.00385. The third-order valence-electron chi connectivity index (χ3n) is 2.42. The summed E-state index contributed by atoms with van der Waals surface area (Å²) in [6.07, 6.45) is 0. The van der Waals surface area contributed by atoms with E-state index in [0.717, 1.165) is 5.56 Å². The third kappa shape index (κ3) is 3.10. The summed E-state index contributed by atoms with van der Waals surface area (Å²) in [5.74, 6) is 0.225. The number of nitrogen functional groups attached to an aromatic ring is 2. The molecule has 0 atom stereocenters. The van der Waals surface area contributed by atoms with Gasteiger partial charge in [-0.2, -0.15) is 4.98 Å². The van der Waals surface area contributed by atoms with Crippen LogP contribution in [0.15, 0.2) is 23.0 Å². The van der Waals surface area contributed by atoms with Crippen LogP contribution in [-0.4, -0.2) is 9.97 Å². The molecule has 0 aliphatic heterocycles. The molecule has 0 aliphatic carbocycles. The topological polar surface area (TPSA) is 110 Å². The molecule has 0 saturated heterocycles. The Balaban J connectivity index is 2.19. The first-order valence-corrected chi connectivity index (χ1v) is 6.06. The monoisotopic (exact) mass is 299 g/mol. The van der Waals surface area contributed by atoms with Gasteiger partial charge in [-0.3, -0.25) is 9.78 Å². The molecule has 0 spiro atoms. The number of nitrogens with one attached hydrogen (secondary N) is 2. The minimum atomic E-state index is -0.482. The predicted octanol–water partition coefficient (Wildman–Crippen LogP) is 1.85. The predicted molar refractivity (Wildman–Crippen MR) is 77.5 cm³/mol. The maximum Gasteiger partial charge on any atom is 0.277 e. The molecular weight excluding hydrogens is 289 g/mol. The second-order valence-corrected chi connectivity index (χ2v) is 4.63. The zero-order chi connectivity index (χ0) is 14.0. The summed E-state index contributed by atoms with van der Waals surface area (Å²) >= 11 is 11.7. The standard InChI is InChI=1S/C11H11Cl2N5O/c12-6-2-1-5(3-7(6)13)4-16-9-8(14)10(19)18-11(15)17-9/h1-3H,4,14H2,(H4,15,16,17,18,19). The smallest absolute Gasteiger partial charge is 0.277 e. The normalized spacial score (nSPS) is 10.4. The lowest BCUT2D eigenvalue weighted by Gasteiger charge is -2.09. The molecule has 100 valence electrons. The zero-order valence-electron chi connectivity index (χ0n) is 9.71. The molecule has 8 heteroatoms. The van der Waals surface area contributed by atoms with Crippen LogP contribution in [0.25, 0.3) is 0 Å². The molecule has 0 aliphatic rings. The average Bonchev–Trinajstić information content (AvgIpc) is 2.36. The summed E-state index contributed by atoms with van der Waals surface area (Å²) in [5.41, 5.74) is 11.4. The molecule has 0 saturated carbocycles. The fourth-order valence-electron chi connectivity index (χ4n) is 1.47. The molecule has 2 rings (SSSR count). The van der Waals surface area contributed by atoms with E-state index in [1.807, 2.05) is 0 Å². The van der Waals surface area contributed by atoms with Crippen LogP contribution >= 0.6 is 23.2 Å². The lowest BCUT2D eigenvalue weighted by atomic mass is 10.2. The van der Waals surface area contributed by atoms with Gasteiger partial charge in [0.05, 0.1) is 10.0 Å². The van der Waals surface area contributed by atoms with Crippen molar-refractivity contribution in [1.29, 1.82) is 0 Å². The molecule has 0 unspecified atom stereocenters. The fraction of sp³-hybridized carbons (Fsp3) is 0.0909. The van der Waals surface area contributed by atoms with E-state index >= 15 is 0 Å². The second kappa shape index (κ2) is 5.38. The first kappa shape index (κ1) is 13.5. The van der Waals surface area contributed by atoms with Gasteiger partial charge in [-0.15, -0.1) is 0 Å². The van der Waals surface area contributed by atoms with Gasteiger partial charge < -0.3 is 16.8 Å². The Labute approximate surface area is 118 Å². The second-order valence-electron chi connectivity index (χ2n) is 3.82. The van der Waals surface area contributed by atoms with Gasteiger partial charge in [0, 0.05) is 6.54 Å². The van der Waals surface area contributed by atoms with Crippen molar-refractivity contribution >= 4 is 40.7 Å². The van der Waals surface area contributed by atoms with E-state index in [0.29, 0.717) is 16.6 Å². The lowest BCUT2D eigenvalue weighted by Crippen LogP contribution is -2.18. The van der Waals surface area contributed by atoms with Crippen molar-refractivity contribution in [2.75, 3.05) is 16.8 Å². The number of hydrogen-bond acceptors (Lipinski definition) is 5. The van der Waals surface area contributed by atoms with Gasteiger partial charge in [-0.1, -0.05) is 29.3 Å². The summed E-state index contributed by atoms with van der Waals surface area (Å²) in [5, 5.41) is 3.85. The molecule has 2 aromatic rings. The van der Waals surface area contributed by atoms with Gasteiger partial charge in [-0.25, -0.2) is 0 Å². The van der Waals surface area contributed by atoms with Gasteiger partial charge in [0.1, 0.15) is 5.69 Å². The number of halogens is 2. The van der Waals surface area contributed by atoms with E-state index in [4.69, 9.17) is 34.7 Å². The van der Waals surface area contributed by atoms with Crippen LogP contribution < -0.4 is 22.3 Å². The van der Waals surface area contributed by atoms with Crippen LogP contribution in [-0.2, 0) is 6.54 Å². The van der Waals surface area contributed by atoms with E-state index < -0.39 is 5.56 Å². The summed E-state index contributed by atoms with van der Waals surface area (Å²) in [6, 6.07) is 5.20. The van der Waals surface area contributed by atoms with E-state index in [2.05, 4.69) is 15.3 Å². The Kier molecular flexibility index (Phi) is 3.82. The van der Waals surface area contributed by atoms with Crippen LogP contribution in [0.1, 0.15) is 5.56 Å². The van der Waals surface area contributed by atoms with Crippen molar-refractivity contribution in [2.24, 2.45) is 0 Å².